The second kappa shape index (κ2) is 6.23. The van der Waals surface area contributed by atoms with Crippen molar-refractivity contribution in [3.05, 3.63) is 11.7 Å². The van der Waals surface area contributed by atoms with Crippen molar-refractivity contribution in [2.24, 2.45) is 11.7 Å². The highest BCUT2D eigenvalue weighted by atomic mass is 16.5. The second-order valence-electron chi connectivity index (χ2n) is 7.51. The number of hydrogen-bond donors (Lipinski definition) is 1. The zero-order chi connectivity index (χ0) is 15.8. The molecule has 3 atom stereocenters. The molecule has 1 aliphatic heterocycles. The molecule has 3 fully saturated rings. The smallest absolute Gasteiger partial charge is 0.229 e. The molecule has 1 saturated heterocycles. The molecule has 1 aromatic rings. The van der Waals surface area contributed by atoms with Gasteiger partial charge in [0.05, 0.1) is 0 Å². The van der Waals surface area contributed by atoms with E-state index in [1.807, 2.05) is 4.90 Å². The Morgan fingerprint density at radius 3 is 2.78 bits per heavy atom. The van der Waals surface area contributed by atoms with Crippen LogP contribution in [0, 0.1) is 5.92 Å². The van der Waals surface area contributed by atoms with Crippen molar-refractivity contribution in [2.75, 3.05) is 13.1 Å². The molecular formula is C17H26N4O2. The fourth-order valence-corrected chi connectivity index (χ4v) is 4.01. The molecule has 2 saturated carbocycles. The Balaban J connectivity index is 1.40. The lowest BCUT2D eigenvalue weighted by Crippen LogP contribution is -2.45. The van der Waals surface area contributed by atoms with Gasteiger partial charge in [-0.2, -0.15) is 4.98 Å². The SMILES string of the molecule is NC1CCCC(C(=O)N2CCCC(c3noc(C4CC4)n3)C2)C1. The molecule has 4 rings (SSSR count). The van der Waals surface area contributed by atoms with Crippen LogP contribution in [-0.4, -0.2) is 40.1 Å². The average Bonchev–Trinajstić information content (AvgIpc) is 3.31. The first kappa shape index (κ1) is 15.1. The van der Waals surface area contributed by atoms with E-state index in [1.165, 1.54) is 12.8 Å². The van der Waals surface area contributed by atoms with Crippen LogP contribution in [0.4, 0.5) is 0 Å². The predicted molar refractivity (Wildman–Crippen MR) is 84.8 cm³/mol. The monoisotopic (exact) mass is 318 g/mol. The molecule has 6 heteroatoms. The number of carbonyl (C=O) groups excluding carboxylic acids is 1. The summed E-state index contributed by atoms with van der Waals surface area (Å²) in [4.78, 5) is 19.4. The largest absolute Gasteiger partial charge is 0.342 e. The average molecular weight is 318 g/mol. The Morgan fingerprint density at radius 2 is 2.00 bits per heavy atom. The predicted octanol–water partition coefficient (Wildman–Crippen LogP) is 2.17. The first-order chi connectivity index (χ1) is 11.2. The Labute approximate surface area is 136 Å². The summed E-state index contributed by atoms with van der Waals surface area (Å²) in [6.07, 6.45) is 8.34. The molecule has 1 amide bonds. The maximum Gasteiger partial charge on any atom is 0.229 e. The van der Waals surface area contributed by atoms with Crippen LogP contribution in [0.1, 0.15) is 74.9 Å². The quantitative estimate of drug-likeness (QED) is 0.923. The minimum absolute atomic E-state index is 0.116. The van der Waals surface area contributed by atoms with Gasteiger partial charge in [-0.1, -0.05) is 11.6 Å². The van der Waals surface area contributed by atoms with E-state index < -0.39 is 0 Å². The fourth-order valence-electron chi connectivity index (χ4n) is 4.01. The molecule has 6 nitrogen and oxygen atoms in total. The van der Waals surface area contributed by atoms with Gasteiger partial charge in [-0.25, -0.2) is 0 Å². The van der Waals surface area contributed by atoms with Gasteiger partial charge >= 0.3 is 0 Å². The Bertz CT molecular complexity index is 569. The van der Waals surface area contributed by atoms with Crippen LogP contribution in [-0.2, 0) is 4.79 Å². The van der Waals surface area contributed by atoms with E-state index in [0.717, 1.165) is 63.3 Å². The molecule has 2 N–H and O–H groups in total. The van der Waals surface area contributed by atoms with E-state index in [2.05, 4.69) is 10.1 Å². The number of hydrogen-bond acceptors (Lipinski definition) is 5. The number of nitrogens with zero attached hydrogens (tertiary/aromatic N) is 3. The van der Waals surface area contributed by atoms with Crippen LogP contribution in [0.2, 0.25) is 0 Å². The summed E-state index contributed by atoms with van der Waals surface area (Å²) >= 11 is 0. The third-order valence-electron chi connectivity index (χ3n) is 5.55. The van der Waals surface area contributed by atoms with Gasteiger partial charge in [-0.15, -0.1) is 0 Å². The number of nitrogens with two attached hydrogens (primary N) is 1. The Morgan fingerprint density at radius 1 is 1.13 bits per heavy atom. The van der Waals surface area contributed by atoms with Crippen LogP contribution in [0.15, 0.2) is 4.52 Å². The summed E-state index contributed by atoms with van der Waals surface area (Å²) < 4.78 is 5.39. The molecule has 3 unspecified atom stereocenters. The van der Waals surface area contributed by atoms with Crippen molar-refractivity contribution in [3.8, 4) is 0 Å². The summed E-state index contributed by atoms with van der Waals surface area (Å²) in [5, 5.41) is 4.18. The Kier molecular flexibility index (Phi) is 4.09. The van der Waals surface area contributed by atoms with Gasteiger partial charge in [0.25, 0.3) is 0 Å². The van der Waals surface area contributed by atoms with E-state index in [0.29, 0.717) is 5.92 Å². The lowest BCUT2D eigenvalue weighted by molar-refractivity contribution is -0.138. The van der Waals surface area contributed by atoms with Crippen molar-refractivity contribution < 1.29 is 9.32 Å². The van der Waals surface area contributed by atoms with E-state index in [1.54, 1.807) is 0 Å². The number of carbonyl (C=O) groups is 1. The normalized spacial score (nSPS) is 32.0. The second-order valence-corrected chi connectivity index (χ2v) is 7.51. The summed E-state index contributed by atoms with van der Waals surface area (Å²) in [5.74, 6) is 2.70. The van der Waals surface area contributed by atoms with Gasteiger partial charge in [0.15, 0.2) is 5.82 Å². The third kappa shape index (κ3) is 3.27. The molecule has 3 aliphatic rings. The van der Waals surface area contributed by atoms with Crippen LogP contribution in [0.5, 0.6) is 0 Å². The highest BCUT2D eigenvalue weighted by Gasteiger charge is 2.35. The highest BCUT2D eigenvalue weighted by molar-refractivity contribution is 5.79. The number of piperidine rings is 1. The van der Waals surface area contributed by atoms with Gasteiger partial charge in [-0.3, -0.25) is 4.79 Å². The van der Waals surface area contributed by atoms with Gasteiger partial charge < -0.3 is 15.2 Å². The van der Waals surface area contributed by atoms with Gasteiger partial charge in [-0.05, 0) is 44.9 Å². The van der Waals surface area contributed by atoms with Crippen molar-refractivity contribution in [1.82, 2.24) is 15.0 Å². The lowest BCUT2D eigenvalue weighted by Gasteiger charge is -2.35. The Hall–Kier alpha value is -1.43. The van der Waals surface area contributed by atoms with E-state index in [9.17, 15) is 4.79 Å². The molecule has 2 aliphatic carbocycles. The molecule has 1 aromatic heterocycles. The fraction of sp³-hybridized carbons (Fsp3) is 0.824. The van der Waals surface area contributed by atoms with Crippen LogP contribution in [0.25, 0.3) is 0 Å². The summed E-state index contributed by atoms with van der Waals surface area (Å²) in [6, 6.07) is 0.191. The van der Waals surface area contributed by atoms with Gasteiger partial charge in [0.2, 0.25) is 11.8 Å². The first-order valence-electron chi connectivity index (χ1n) is 9.08. The van der Waals surface area contributed by atoms with Gasteiger partial charge in [0, 0.05) is 36.9 Å². The highest BCUT2D eigenvalue weighted by Crippen LogP contribution is 2.39. The van der Waals surface area contributed by atoms with Gasteiger partial charge in [0.1, 0.15) is 0 Å². The molecule has 23 heavy (non-hydrogen) atoms. The molecule has 0 aromatic carbocycles. The molecule has 0 bridgehead atoms. The zero-order valence-electron chi connectivity index (χ0n) is 13.6. The first-order valence-corrected chi connectivity index (χ1v) is 9.08. The summed E-state index contributed by atoms with van der Waals surface area (Å²) in [5.41, 5.74) is 6.04. The van der Waals surface area contributed by atoms with E-state index >= 15 is 0 Å². The van der Waals surface area contributed by atoms with Crippen LogP contribution >= 0.6 is 0 Å². The summed E-state index contributed by atoms with van der Waals surface area (Å²) in [6.45, 7) is 1.59. The number of likely N-dealkylation sites (tertiary alicyclic amines) is 1. The topological polar surface area (TPSA) is 85.3 Å². The molecule has 2 heterocycles. The minimum atomic E-state index is 0.116. The number of amides is 1. The standard InChI is InChI=1S/C17H26N4O2/c18-14-5-1-3-12(9-14)17(22)21-8-2-4-13(10-21)15-19-16(23-20-15)11-6-7-11/h11-14H,1-10,18H2. The van der Waals surface area contributed by atoms with Crippen molar-refractivity contribution in [2.45, 2.75) is 69.2 Å². The van der Waals surface area contributed by atoms with E-state index in [-0.39, 0.29) is 23.8 Å². The van der Waals surface area contributed by atoms with Crippen molar-refractivity contribution >= 4 is 5.91 Å². The third-order valence-corrected chi connectivity index (χ3v) is 5.55. The maximum atomic E-state index is 12.8. The molecule has 0 spiro atoms. The zero-order valence-corrected chi connectivity index (χ0v) is 13.6. The van der Waals surface area contributed by atoms with Crippen LogP contribution < -0.4 is 5.73 Å². The minimum Gasteiger partial charge on any atom is -0.342 e. The van der Waals surface area contributed by atoms with E-state index in [4.69, 9.17) is 10.3 Å². The number of aromatic nitrogens is 2. The maximum absolute atomic E-state index is 12.8. The van der Waals surface area contributed by atoms with Crippen LogP contribution in [0.3, 0.4) is 0 Å². The van der Waals surface area contributed by atoms with Crippen molar-refractivity contribution in [3.63, 3.8) is 0 Å². The lowest BCUT2D eigenvalue weighted by atomic mass is 9.84. The summed E-state index contributed by atoms with van der Waals surface area (Å²) in [7, 11) is 0. The molecule has 0 radical (unpaired) electrons. The van der Waals surface area contributed by atoms with Crippen molar-refractivity contribution in [1.29, 1.82) is 0 Å². The number of rotatable bonds is 3. The molecule has 126 valence electrons. The molecular weight excluding hydrogens is 292 g/mol.